The van der Waals surface area contributed by atoms with Gasteiger partial charge >= 0.3 is 5.97 Å². The van der Waals surface area contributed by atoms with Crippen LogP contribution >= 0.6 is 0 Å². The van der Waals surface area contributed by atoms with Crippen molar-refractivity contribution in [2.45, 2.75) is 0 Å². The summed E-state index contributed by atoms with van der Waals surface area (Å²) < 4.78 is 4.28. The Morgan fingerprint density at radius 1 is 1.30 bits per heavy atom. The molecule has 0 fully saturated rings. The molecule has 3 nitrogen and oxygen atoms in total. The molecule has 0 aliphatic carbocycles. The van der Waals surface area contributed by atoms with Gasteiger partial charge in [-0.1, -0.05) is 12.2 Å². The number of methoxy groups -OCH3 is 1. The number of carbonyl (C=O) groups is 2. The SMILES string of the molecule is COC(=O)/C=C/C=C/C=O. The maximum Gasteiger partial charge on any atom is 0.330 e. The molecule has 0 saturated heterocycles. The molecule has 0 rings (SSSR count). The van der Waals surface area contributed by atoms with E-state index in [1.165, 1.54) is 31.4 Å². The van der Waals surface area contributed by atoms with Gasteiger partial charge < -0.3 is 4.74 Å². The average molecular weight is 140 g/mol. The van der Waals surface area contributed by atoms with Gasteiger partial charge in [0.25, 0.3) is 0 Å². The molecule has 0 heterocycles. The van der Waals surface area contributed by atoms with Crippen LogP contribution in [0.25, 0.3) is 0 Å². The summed E-state index contributed by atoms with van der Waals surface area (Å²) in [5, 5.41) is 0. The molecule has 0 aromatic carbocycles. The molecule has 10 heavy (non-hydrogen) atoms. The molecule has 0 amide bonds. The number of allylic oxidation sites excluding steroid dienone is 3. The molecular weight excluding hydrogens is 132 g/mol. The van der Waals surface area contributed by atoms with Gasteiger partial charge in [-0.15, -0.1) is 0 Å². The van der Waals surface area contributed by atoms with E-state index >= 15 is 0 Å². The normalized spacial score (nSPS) is 10.5. The van der Waals surface area contributed by atoms with Crippen molar-refractivity contribution < 1.29 is 14.3 Å². The van der Waals surface area contributed by atoms with Gasteiger partial charge in [0, 0.05) is 6.08 Å². The Morgan fingerprint density at radius 3 is 2.50 bits per heavy atom. The number of aldehydes is 1. The molecule has 0 atom stereocenters. The lowest BCUT2D eigenvalue weighted by Crippen LogP contribution is -1.92. The molecule has 0 aromatic heterocycles. The predicted molar refractivity (Wildman–Crippen MR) is 36.4 cm³/mol. The van der Waals surface area contributed by atoms with E-state index in [0.29, 0.717) is 6.29 Å². The number of hydrogen-bond donors (Lipinski definition) is 0. The minimum Gasteiger partial charge on any atom is -0.466 e. The number of rotatable bonds is 3. The van der Waals surface area contributed by atoms with Gasteiger partial charge in [0.15, 0.2) is 0 Å². The molecule has 0 saturated carbocycles. The van der Waals surface area contributed by atoms with Crippen molar-refractivity contribution in [3.63, 3.8) is 0 Å². The first-order chi connectivity index (χ1) is 4.81. The smallest absolute Gasteiger partial charge is 0.330 e. The minimum absolute atomic E-state index is 0.435. The maximum absolute atomic E-state index is 10.3. The fourth-order valence-corrected chi connectivity index (χ4v) is 0.312. The van der Waals surface area contributed by atoms with Crippen molar-refractivity contribution in [1.82, 2.24) is 0 Å². The van der Waals surface area contributed by atoms with Gasteiger partial charge in [0.05, 0.1) is 7.11 Å². The lowest BCUT2D eigenvalue weighted by Gasteiger charge is -1.85. The molecule has 0 radical (unpaired) electrons. The van der Waals surface area contributed by atoms with E-state index < -0.39 is 5.97 Å². The third-order valence-corrected chi connectivity index (χ3v) is 0.734. The Morgan fingerprint density at radius 2 is 2.00 bits per heavy atom. The zero-order valence-electron chi connectivity index (χ0n) is 5.61. The van der Waals surface area contributed by atoms with E-state index in [2.05, 4.69) is 4.74 Å². The molecule has 54 valence electrons. The molecule has 3 heteroatoms. The summed E-state index contributed by atoms with van der Waals surface area (Å²) in [5.74, 6) is -0.435. The van der Waals surface area contributed by atoms with E-state index in [0.717, 1.165) is 0 Å². The van der Waals surface area contributed by atoms with E-state index in [1.54, 1.807) is 0 Å². The van der Waals surface area contributed by atoms with Crippen LogP contribution in [0, 0.1) is 0 Å². The van der Waals surface area contributed by atoms with Gasteiger partial charge in [0.1, 0.15) is 6.29 Å². The monoisotopic (exact) mass is 140 g/mol. The van der Waals surface area contributed by atoms with Crippen LogP contribution in [0.1, 0.15) is 0 Å². The highest BCUT2D eigenvalue weighted by Gasteiger charge is 1.85. The zero-order chi connectivity index (χ0) is 7.82. The summed E-state index contributed by atoms with van der Waals surface area (Å²) in [5.41, 5.74) is 0. The zero-order valence-corrected chi connectivity index (χ0v) is 5.61. The van der Waals surface area contributed by atoms with Gasteiger partial charge in [-0.05, 0) is 6.08 Å². The van der Waals surface area contributed by atoms with Crippen molar-refractivity contribution in [3.8, 4) is 0 Å². The summed E-state index contributed by atoms with van der Waals surface area (Å²) >= 11 is 0. The molecule has 0 bridgehead atoms. The maximum atomic E-state index is 10.3. The number of carbonyl (C=O) groups excluding carboxylic acids is 2. The van der Waals surface area contributed by atoms with Gasteiger partial charge in [0.2, 0.25) is 0 Å². The second kappa shape index (κ2) is 5.75. The van der Waals surface area contributed by atoms with Gasteiger partial charge in [-0.25, -0.2) is 4.79 Å². The Bertz CT molecular complexity index is 168. The highest BCUT2D eigenvalue weighted by Crippen LogP contribution is 1.78. The molecule has 0 spiro atoms. The molecule has 0 aromatic rings. The van der Waals surface area contributed by atoms with Crippen LogP contribution in [0.4, 0.5) is 0 Å². The van der Waals surface area contributed by atoms with Gasteiger partial charge in [-0.3, -0.25) is 4.79 Å². The molecular formula is C7H8O3. The van der Waals surface area contributed by atoms with Crippen LogP contribution in [-0.4, -0.2) is 19.4 Å². The van der Waals surface area contributed by atoms with Crippen molar-refractivity contribution in [2.24, 2.45) is 0 Å². The van der Waals surface area contributed by atoms with Crippen LogP contribution in [0.15, 0.2) is 24.3 Å². The van der Waals surface area contributed by atoms with Crippen molar-refractivity contribution in [1.29, 1.82) is 0 Å². The van der Waals surface area contributed by atoms with Crippen LogP contribution in [0.5, 0.6) is 0 Å². The first kappa shape index (κ1) is 8.62. The Balaban J connectivity index is 3.65. The number of hydrogen-bond acceptors (Lipinski definition) is 3. The first-order valence-corrected chi connectivity index (χ1v) is 2.67. The number of esters is 1. The predicted octanol–water partition coefficient (Wildman–Crippen LogP) is 0.471. The van der Waals surface area contributed by atoms with Crippen molar-refractivity contribution in [3.05, 3.63) is 24.3 Å². The van der Waals surface area contributed by atoms with E-state index in [4.69, 9.17) is 0 Å². The summed E-state index contributed by atoms with van der Waals surface area (Å²) in [7, 11) is 1.29. The summed E-state index contributed by atoms with van der Waals surface area (Å²) in [4.78, 5) is 20.0. The second-order valence-corrected chi connectivity index (χ2v) is 1.40. The Kier molecular flexibility index (Phi) is 4.96. The lowest BCUT2D eigenvalue weighted by molar-refractivity contribution is -0.134. The summed E-state index contributed by atoms with van der Waals surface area (Å²) in [6, 6.07) is 0. The number of ether oxygens (including phenoxy) is 1. The molecule has 0 aliphatic heterocycles. The first-order valence-electron chi connectivity index (χ1n) is 2.67. The largest absolute Gasteiger partial charge is 0.466 e. The second-order valence-electron chi connectivity index (χ2n) is 1.40. The lowest BCUT2D eigenvalue weighted by atomic mass is 10.4. The van der Waals surface area contributed by atoms with Crippen LogP contribution < -0.4 is 0 Å². The minimum atomic E-state index is -0.435. The third-order valence-electron chi connectivity index (χ3n) is 0.734. The Hall–Kier alpha value is -1.38. The van der Waals surface area contributed by atoms with Gasteiger partial charge in [-0.2, -0.15) is 0 Å². The molecule has 0 N–H and O–H groups in total. The average Bonchev–Trinajstić information content (AvgIpc) is 1.98. The topological polar surface area (TPSA) is 43.4 Å². The summed E-state index contributed by atoms with van der Waals surface area (Å²) in [6.45, 7) is 0. The highest BCUT2D eigenvalue weighted by molar-refractivity contribution is 5.82. The molecule has 0 unspecified atom stereocenters. The van der Waals surface area contributed by atoms with Crippen molar-refractivity contribution in [2.75, 3.05) is 7.11 Å². The van der Waals surface area contributed by atoms with E-state index in [9.17, 15) is 9.59 Å². The fourth-order valence-electron chi connectivity index (χ4n) is 0.312. The Labute approximate surface area is 59.0 Å². The molecule has 0 aliphatic rings. The standard InChI is InChI=1S/C7H8O3/c1-10-7(9)5-3-2-4-6-8/h2-6H,1H3/b4-2+,5-3+. The quantitative estimate of drug-likeness (QED) is 0.248. The third kappa shape index (κ3) is 4.77. The van der Waals surface area contributed by atoms with Crippen LogP contribution in [-0.2, 0) is 14.3 Å². The van der Waals surface area contributed by atoms with Crippen molar-refractivity contribution >= 4 is 12.3 Å². The van der Waals surface area contributed by atoms with Crippen LogP contribution in [0.2, 0.25) is 0 Å². The van der Waals surface area contributed by atoms with E-state index in [-0.39, 0.29) is 0 Å². The summed E-state index contributed by atoms with van der Waals surface area (Å²) in [6.07, 6.45) is 6.01. The fraction of sp³-hybridized carbons (Fsp3) is 0.143. The van der Waals surface area contributed by atoms with Crippen LogP contribution in [0.3, 0.4) is 0 Å². The highest BCUT2D eigenvalue weighted by atomic mass is 16.5. The van der Waals surface area contributed by atoms with E-state index in [1.807, 2.05) is 0 Å².